The summed E-state index contributed by atoms with van der Waals surface area (Å²) in [5.41, 5.74) is 14.9. The molecule has 0 saturated heterocycles. The number of carbonyl (C=O) groups is 9. The van der Waals surface area contributed by atoms with Crippen LogP contribution in [0.15, 0.2) is 203 Å². The standard InChI is InChI=1S/C23H18Cl2N2O3.C15H17NO3.C13H10Cl3NO.C13H15NO3.C10H9NO2.C10H9NO.C9H9BrO2.C8H7NO.C2H4Br2.CH4.B2H3/c24-16-2-1-3-17(25)19(16)20-14(21(30-27-20)12-4-5-12)11-29-13-6-7-18-15(10-13)23(8-9-23)22(28)26-18;1-14(2,3)19-13(18)16-11-7-5-4-6-10(11)15(8-9-15)12(16)17;14-6-8-12(17-18-13(8)7-4-5-7)11-9(15)2-1-3-10(11)16;1-13(2,3)17-12(16)14-10-7-5-4-6-9(10)8-11(14)15;12-6-1-2-8-7(5-6)10(3-4-10)9(13)11-8;12-9-10(5-6-10)7-3-1-2-4-8(7)11-9;1-12-9(11)8-4-2-3-7(5-8)6-10;10-8-5-6-3-1-2-4-7(6)9-8;3-1-2-4;;1-2/h1-3,6-7,10,12H,4-5,8-9,11H2,(H,26,28);4-7H,8-9H2,1-3H3;1-3,7H,4-6H2;4-7H,8H2,1-3H3;1-2,5,12H,3-4H2,(H,11,13);1-4H,5-6H2,(H,11,12);2-5H,6H2,1H3;1-4H,5H2,(H,9,10);1-2H2;1H4;1H3/q;;;;;;;;;;-1. The number of alkyl halides is 4. The molecule has 23 rings (SSSR count). The number of halogens is 8. The summed E-state index contributed by atoms with van der Waals surface area (Å²) in [6, 6.07) is 59.4. The molecule has 2 radical (unpaired) electrons. The smallest absolute Gasteiger partial charge is 0.421 e. The fourth-order valence-electron chi connectivity index (χ4n) is 16.8. The summed E-state index contributed by atoms with van der Waals surface area (Å²) in [7, 11) is 6.38. The molecule has 2 aromatic heterocycles. The molecule has 8 amide bonds. The van der Waals surface area contributed by atoms with Crippen molar-refractivity contribution in [3.8, 4) is 34.0 Å². The molecule has 0 unspecified atom stereocenters. The summed E-state index contributed by atoms with van der Waals surface area (Å²) in [5, 5.41) is 34.2. The van der Waals surface area contributed by atoms with Crippen molar-refractivity contribution in [2.45, 2.75) is 201 Å². The summed E-state index contributed by atoms with van der Waals surface area (Å²) in [4.78, 5) is 108. The SMILES string of the molecule is BrCCBr.C.CC(C)(C)OC(=O)N1C(=O)C2(CC2)c2ccccc21.CC(C)(C)OC(=O)N1C(=O)Cc2ccccc21.COC(=O)c1cccc(CBr)c1.ClCc1c(-c2c(Cl)cccc2Cl)noc1C1CC1.O=C1Cc2ccccc2N1.O=C1Nc2ccc(O)cc2C12CC2.O=C1Nc2ccc(OCc3c(-c4c(Cl)cccc4Cl)noc3C3CC3)cc2C12CC2.O=C1Nc2ccccc2C12CC2.[B][BH3-]. The molecule has 6 aliphatic carbocycles. The van der Waals surface area contributed by atoms with Crippen LogP contribution in [0.25, 0.3) is 22.5 Å². The Labute approximate surface area is 854 Å². The first-order valence-electron chi connectivity index (χ1n) is 44.2. The van der Waals surface area contributed by atoms with Crippen molar-refractivity contribution in [1.82, 2.24) is 10.3 Å². The monoisotopic (exact) mass is 2160 g/mol. The maximum Gasteiger partial charge on any atom is 0.421 e. The highest BCUT2D eigenvalue weighted by atomic mass is 79.9. The molecule has 34 heteroatoms. The molecule has 9 aromatic carbocycles. The summed E-state index contributed by atoms with van der Waals surface area (Å²) in [6.07, 6.45) is 11.3. The average molecular weight is 2160 g/mol. The van der Waals surface area contributed by atoms with Crippen molar-refractivity contribution in [2.24, 2.45) is 0 Å². The lowest BCUT2D eigenvalue weighted by atomic mass is 9.81. The Hall–Kier alpha value is -10.8. The third-order valence-corrected chi connectivity index (χ3v) is 28.5. The maximum atomic E-state index is 12.5. The zero-order valence-electron chi connectivity index (χ0n) is 75.5. The molecule has 0 bridgehead atoms. The summed E-state index contributed by atoms with van der Waals surface area (Å²) in [5.74, 6) is 3.68. The Kier molecular flexibility index (Phi) is 33.6. The van der Waals surface area contributed by atoms with Crippen molar-refractivity contribution in [3.63, 3.8) is 0 Å². The molecule has 720 valence electrons. The quantitative estimate of drug-likeness (QED) is 0.0264. The van der Waals surface area contributed by atoms with Crippen LogP contribution in [0, 0.1) is 0 Å². The summed E-state index contributed by atoms with van der Waals surface area (Å²) >= 11 is 41.0. The predicted octanol–water partition coefficient (Wildman–Crippen LogP) is 24.3. The van der Waals surface area contributed by atoms with E-state index in [4.69, 9.17) is 89.0 Å². The lowest BCUT2D eigenvalue weighted by Gasteiger charge is -2.24. The summed E-state index contributed by atoms with van der Waals surface area (Å²) < 4.78 is 32.4. The minimum Gasteiger partial charge on any atom is -0.508 e. The van der Waals surface area contributed by atoms with E-state index < -0.39 is 28.8 Å². The number of rotatable bonds is 11. The van der Waals surface area contributed by atoms with Gasteiger partial charge in [-0.2, -0.15) is 7.74 Å². The number of methoxy groups -OCH3 is 1. The van der Waals surface area contributed by atoms with E-state index in [1.807, 2.05) is 109 Å². The number of phenols is 1. The van der Waals surface area contributed by atoms with E-state index in [2.05, 4.69) is 90.2 Å². The van der Waals surface area contributed by atoms with Gasteiger partial charge in [0, 0.05) is 67.3 Å². The van der Waals surface area contributed by atoms with Crippen LogP contribution in [0.1, 0.15) is 210 Å². The van der Waals surface area contributed by atoms with Crippen molar-refractivity contribution in [2.75, 3.05) is 48.8 Å². The Morgan fingerprint density at radius 2 is 0.942 bits per heavy atom. The molecule has 11 aromatic rings. The van der Waals surface area contributed by atoms with Crippen LogP contribution < -0.4 is 35.8 Å². The number of esters is 1. The minimum absolute atomic E-state index is 0. The average Bonchev–Trinajstić information content (AvgIpc) is 1.55. The number of imide groups is 2. The molecule has 6 fully saturated rings. The summed E-state index contributed by atoms with van der Waals surface area (Å²) in [6.45, 7) is 11.0. The van der Waals surface area contributed by atoms with Crippen LogP contribution in [-0.2, 0) is 95.3 Å². The topological polar surface area (TPSA) is 317 Å². The number of amides is 8. The second-order valence-corrected chi connectivity index (χ2v) is 40.4. The fourth-order valence-corrected chi connectivity index (χ4v) is 18.6. The number of hydrogen-bond donors (Lipinski definition) is 5. The number of aromatic hydroxyl groups is 1. The predicted molar refractivity (Wildman–Crippen MR) is 556 cm³/mol. The number of ether oxygens (including phenoxy) is 4. The molecule has 0 atom stereocenters. The van der Waals surface area contributed by atoms with E-state index in [1.54, 1.807) is 120 Å². The van der Waals surface area contributed by atoms with Crippen LogP contribution in [0.5, 0.6) is 11.5 Å². The van der Waals surface area contributed by atoms with Crippen LogP contribution in [0.4, 0.5) is 43.7 Å². The maximum absolute atomic E-state index is 12.5. The van der Waals surface area contributed by atoms with Gasteiger partial charge in [0.2, 0.25) is 35.4 Å². The number of benzene rings is 9. The zero-order valence-corrected chi connectivity index (χ0v) is 84.1. The highest BCUT2D eigenvalue weighted by Gasteiger charge is 2.62. The number of phenolic OH excluding ortho intramolecular Hbond substituents is 1. The van der Waals surface area contributed by atoms with Gasteiger partial charge >= 0.3 is 18.2 Å². The van der Waals surface area contributed by atoms with E-state index in [9.17, 15) is 48.3 Å². The van der Waals surface area contributed by atoms with Crippen LogP contribution in [-0.4, -0.2) is 113 Å². The second kappa shape index (κ2) is 44.4. The van der Waals surface area contributed by atoms with Gasteiger partial charge in [-0.3, -0.25) is 28.8 Å². The van der Waals surface area contributed by atoms with E-state index in [1.165, 1.54) is 17.6 Å². The van der Waals surface area contributed by atoms with Gasteiger partial charge in [-0.1, -0.05) is 217 Å². The number of carbonyl (C=O) groups excluding carboxylic acids is 9. The lowest BCUT2D eigenvalue weighted by molar-refractivity contribution is -0.120. The number of hydrogen-bond acceptors (Lipinski definition) is 18. The van der Waals surface area contributed by atoms with Crippen molar-refractivity contribution in [1.29, 1.82) is 0 Å². The van der Waals surface area contributed by atoms with Gasteiger partial charge in [0.1, 0.15) is 52.2 Å². The first kappa shape index (κ1) is 105. The van der Waals surface area contributed by atoms with Gasteiger partial charge in [-0.05, 0) is 255 Å². The lowest BCUT2D eigenvalue weighted by Crippen LogP contribution is -2.41. The molecule has 8 heterocycles. The van der Waals surface area contributed by atoms with E-state index in [0.29, 0.717) is 90.3 Å². The number of fused-ring (bicyclic) bond motifs is 10. The third-order valence-electron chi connectivity index (χ3n) is 24.4. The molecule has 24 nitrogen and oxygen atoms in total. The van der Waals surface area contributed by atoms with Gasteiger partial charge in [0.25, 0.3) is 0 Å². The van der Waals surface area contributed by atoms with Crippen molar-refractivity contribution in [3.05, 3.63) is 281 Å². The number of nitrogens with zero attached hydrogens (tertiary/aromatic N) is 4. The molecule has 12 aliphatic rings. The molecule has 6 saturated carbocycles. The van der Waals surface area contributed by atoms with Gasteiger partial charge in [-0.15, -0.1) is 11.6 Å². The molecular formula is C104H105B2Br3Cl5N8O16-. The highest BCUT2D eigenvalue weighted by Crippen LogP contribution is 2.60. The molecule has 4 spiro atoms. The van der Waals surface area contributed by atoms with E-state index in [0.717, 1.165) is 182 Å². The molecule has 6 aliphatic heterocycles. The molecule has 138 heavy (non-hydrogen) atoms. The van der Waals surface area contributed by atoms with Crippen molar-refractivity contribution < 1.29 is 76.3 Å². The van der Waals surface area contributed by atoms with Gasteiger partial charge in [-0.25, -0.2) is 24.2 Å². The molecular weight excluding hydrogens is 2060 g/mol. The molecule has 5 N–H and O–H groups in total. The largest absolute Gasteiger partial charge is 0.508 e. The second-order valence-electron chi connectivity index (χ2n) is 36.3. The van der Waals surface area contributed by atoms with Crippen LogP contribution in [0.2, 0.25) is 20.1 Å². The number of nitrogens with one attached hydrogen (secondary N) is 4. The number of anilines is 6. The van der Waals surface area contributed by atoms with E-state index >= 15 is 0 Å². The fraction of sp³-hybridized carbons (Fsp3) is 0.337. The Bertz CT molecular complexity index is 6370. The third kappa shape index (κ3) is 23.4. The number of aromatic nitrogens is 2. The first-order valence-corrected chi connectivity index (χ1v) is 49.6. The van der Waals surface area contributed by atoms with Gasteiger partial charge in [0.05, 0.1) is 90.1 Å². The van der Waals surface area contributed by atoms with E-state index in [-0.39, 0.29) is 85.0 Å². The van der Waals surface area contributed by atoms with Gasteiger partial charge in [0.15, 0.2) is 0 Å². The Morgan fingerprint density at radius 3 is 1.43 bits per heavy atom. The van der Waals surface area contributed by atoms with Crippen LogP contribution >= 0.6 is 106 Å². The number of para-hydroxylation sites is 4. The normalized spacial score (nSPS) is 16.6. The van der Waals surface area contributed by atoms with Crippen molar-refractivity contribution >= 4 is 209 Å². The highest BCUT2D eigenvalue weighted by molar-refractivity contribution is 9.12. The first-order chi connectivity index (χ1) is 65.6. The van der Waals surface area contributed by atoms with Crippen LogP contribution in [0.3, 0.4) is 0 Å². The Morgan fingerprint density at radius 1 is 0.500 bits per heavy atom. The zero-order chi connectivity index (χ0) is 98.2. The Balaban J connectivity index is 0.000000135. The van der Waals surface area contributed by atoms with Gasteiger partial charge < -0.3 is 54.4 Å². The minimum atomic E-state index is -0.606.